The van der Waals surface area contributed by atoms with Gasteiger partial charge in [0.25, 0.3) is 0 Å². The molecule has 0 aromatic heterocycles. The number of carbonyl (C=O) groups is 1. The van der Waals surface area contributed by atoms with E-state index in [2.05, 4.69) is 6.58 Å². The molecule has 1 aliphatic heterocycles. The van der Waals surface area contributed by atoms with E-state index < -0.39 is 12.1 Å². The van der Waals surface area contributed by atoms with Crippen LogP contribution in [-0.2, 0) is 19.0 Å². The summed E-state index contributed by atoms with van der Waals surface area (Å²) in [6.45, 7) is 10.1. The Kier molecular flexibility index (Phi) is 6.43. The summed E-state index contributed by atoms with van der Waals surface area (Å²) in [4.78, 5) is 11.9. The molecule has 0 aromatic rings. The van der Waals surface area contributed by atoms with Crippen molar-refractivity contribution in [1.82, 2.24) is 0 Å². The molecule has 1 fully saturated rings. The molecule has 1 aliphatic rings. The molecular weight excluding hydrogens is 258 g/mol. The molecule has 0 radical (unpaired) electrons. The van der Waals surface area contributed by atoms with E-state index in [1.165, 1.54) is 6.08 Å². The highest BCUT2D eigenvalue weighted by Crippen LogP contribution is 2.21. The van der Waals surface area contributed by atoms with Crippen LogP contribution in [0.1, 0.15) is 27.2 Å². The largest absolute Gasteiger partial charge is 0.453 e. The molecule has 0 amide bonds. The highest BCUT2D eigenvalue weighted by molar-refractivity contribution is 5.93. The van der Waals surface area contributed by atoms with Gasteiger partial charge in [0.05, 0.1) is 12.7 Å². The van der Waals surface area contributed by atoms with Gasteiger partial charge in [0.2, 0.25) is 0 Å². The summed E-state index contributed by atoms with van der Waals surface area (Å²) in [6.07, 6.45) is 1.39. The van der Waals surface area contributed by atoms with Crippen molar-refractivity contribution in [3.63, 3.8) is 0 Å². The summed E-state index contributed by atoms with van der Waals surface area (Å²) in [7, 11) is 0. The molecule has 0 aromatic carbocycles. The lowest BCUT2D eigenvalue weighted by molar-refractivity contribution is -0.149. The van der Waals surface area contributed by atoms with Crippen LogP contribution < -0.4 is 0 Å². The Morgan fingerprint density at radius 3 is 2.85 bits per heavy atom. The summed E-state index contributed by atoms with van der Waals surface area (Å²) >= 11 is 0. The molecule has 1 heterocycles. The standard InChI is InChI=1S/C15H21NO4/c1-5-6-18-14-11(4)19-9-13(14)20-15(17)12(8-16)7-10(2)3/h7,11,13-14H,2,5-6,9H2,1,3-4H3/b12-7+/t11-,13?,14+/m1/s1. The van der Waals surface area contributed by atoms with Crippen LogP contribution in [0.5, 0.6) is 0 Å². The van der Waals surface area contributed by atoms with Gasteiger partial charge in [-0.2, -0.15) is 5.26 Å². The van der Waals surface area contributed by atoms with E-state index in [-0.39, 0.29) is 24.4 Å². The van der Waals surface area contributed by atoms with Crippen LogP contribution >= 0.6 is 0 Å². The maximum Gasteiger partial charge on any atom is 0.349 e. The normalized spacial score (nSPS) is 26.1. The zero-order valence-corrected chi connectivity index (χ0v) is 12.2. The number of nitrogens with zero attached hydrogens (tertiary/aromatic N) is 1. The molecule has 0 bridgehead atoms. The fraction of sp³-hybridized carbons (Fsp3) is 0.600. The van der Waals surface area contributed by atoms with Crippen LogP contribution in [0.4, 0.5) is 0 Å². The maximum atomic E-state index is 11.9. The Bertz CT molecular complexity index is 436. The number of ether oxygens (including phenoxy) is 3. The highest BCUT2D eigenvalue weighted by atomic mass is 16.6. The topological polar surface area (TPSA) is 68.6 Å². The van der Waals surface area contributed by atoms with E-state index in [4.69, 9.17) is 19.5 Å². The molecule has 0 N–H and O–H groups in total. The van der Waals surface area contributed by atoms with Crippen LogP contribution in [-0.4, -0.2) is 37.5 Å². The first-order chi connectivity index (χ1) is 9.49. The molecule has 110 valence electrons. The summed E-state index contributed by atoms with van der Waals surface area (Å²) in [5.41, 5.74) is 0.555. The molecule has 5 nitrogen and oxygen atoms in total. The van der Waals surface area contributed by atoms with Gasteiger partial charge in [-0.15, -0.1) is 0 Å². The number of carbonyl (C=O) groups excluding carboxylic acids is 1. The minimum Gasteiger partial charge on any atom is -0.453 e. The van der Waals surface area contributed by atoms with Gasteiger partial charge in [-0.25, -0.2) is 4.79 Å². The maximum absolute atomic E-state index is 11.9. The van der Waals surface area contributed by atoms with Crippen molar-refractivity contribution in [2.24, 2.45) is 0 Å². The molecule has 1 saturated heterocycles. The lowest BCUT2D eigenvalue weighted by Gasteiger charge is -2.21. The predicted octanol–water partition coefficient (Wildman–Crippen LogP) is 2.14. The first kappa shape index (κ1) is 16.4. The van der Waals surface area contributed by atoms with Gasteiger partial charge in [-0.3, -0.25) is 0 Å². The molecule has 0 saturated carbocycles. The number of hydrogen-bond donors (Lipinski definition) is 0. The van der Waals surface area contributed by atoms with Crippen LogP contribution in [0.15, 0.2) is 23.8 Å². The molecule has 0 aliphatic carbocycles. The van der Waals surface area contributed by atoms with Crippen molar-refractivity contribution in [2.75, 3.05) is 13.2 Å². The second-order valence-electron chi connectivity index (χ2n) is 4.83. The summed E-state index contributed by atoms with van der Waals surface area (Å²) in [5.74, 6) is -0.664. The number of rotatable bonds is 6. The zero-order chi connectivity index (χ0) is 15.1. The Labute approximate surface area is 119 Å². The number of hydrogen-bond acceptors (Lipinski definition) is 5. The second-order valence-corrected chi connectivity index (χ2v) is 4.83. The molecule has 5 heteroatoms. The lowest BCUT2D eigenvalue weighted by atomic mass is 10.1. The molecule has 0 spiro atoms. The quantitative estimate of drug-likeness (QED) is 0.322. The van der Waals surface area contributed by atoms with Gasteiger partial charge in [-0.05, 0) is 26.3 Å². The smallest absolute Gasteiger partial charge is 0.349 e. The average Bonchev–Trinajstić information content (AvgIpc) is 2.74. The van der Waals surface area contributed by atoms with E-state index in [9.17, 15) is 4.79 Å². The van der Waals surface area contributed by atoms with E-state index >= 15 is 0 Å². The second kappa shape index (κ2) is 7.83. The molecule has 20 heavy (non-hydrogen) atoms. The highest BCUT2D eigenvalue weighted by Gasteiger charge is 2.38. The predicted molar refractivity (Wildman–Crippen MR) is 73.8 cm³/mol. The van der Waals surface area contributed by atoms with E-state index in [0.717, 1.165) is 6.42 Å². The SMILES string of the molecule is C=C(C)/C=C(\C#N)C(=O)OC1CO[C@H](C)[C@@H]1OCCC. The third kappa shape index (κ3) is 4.48. The van der Waals surface area contributed by atoms with Crippen molar-refractivity contribution in [2.45, 2.75) is 45.5 Å². The van der Waals surface area contributed by atoms with E-state index in [0.29, 0.717) is 12.2 Å². The molecule has 1 rings (SSSR count). The average molecular weight is 279 g/mol. The van der Waals surface area contributed by atoms with Gasteiger partial charge < -0.3 is 14.2 Å². The summed E-state index contributed by atoms with van der Waals surface area (Å²) in [6, 6.07) is 1.82. The van der Waals surface area contributed by atoms with Crippen molar-refractivity contribution in [3.05, 3.63) is 23.8 Å². The molecule has 3 atom stereocenters. The van der Waals surface area contributed by atoms with E-state index in [1.54, 1.807) is 6.92 Å². The van der Waals surface area contributed by atoms with Crippen molar-refractivity contribution in [3.8, 4) is 6.07 Å². The third-order valence-electron chi connectivity index (χ3n) is 2.86. The number of esters is 1. The Balaban J connectivity index is 2.69. The van der Waals surface area contributed by atoms with Gasteiger partial charge in [0, 0.05) is 6.61 Å². The number of nitriles is 1. The molecular formula is C15H21NO4. The minimum atomic E-state index is -0.664. The fourth-order valence-electron chi connectivity index (χ4n) is 1.92. The zero-order valence-electron chi connectivity index (χ0n) is 12.2. The Morgan fingerprint density at radius 1 is 1.60 bits per heavy atom. The van der Waals surface area contributed by atoms with Gasteiger partial charge in [0.15, 0.2) is 6.10 Å². The monoisotopic (exact) mass is 279 g/mol. The van der Waals surface area contributed by atoms with Gasteiger partial charge in [-0.1, -0.05) is 19.1 Å². The van der Waals surface area contributed by atoms with Crippen LogP contribution in [0, 0.1) is 11.3 Å². The molecule has 1 unspecified atom stereocenters. The van der Waals surface area contributed by atoms with Gasteiger partial charge in [0.1, 0.15) is 17.7 Å². The van der Waals surface area contributed by atoms with Crippen molar-refractivity contribution >= 4 is 5.97 Å². The number of allylic oxidation sites excluding steroid dienone is 2. The van der Waals surface area contributed by atoms with Crippen molar-refractivity contribution < 1.29 is 19.0 Å². The summed E-state index contributed by atoms with van der Waals surface area (Å²) < 4.78 is 16.4. The van der Waals surface area contributed by atoms with Gasteiger partial charge >= 0.3 is 5.97 Å². The fourth-order valence-corrected chi connectivity index (χ4v) is 1.92. The Morgan fingerprint density at radius 2 is 2.30 bits per heavy atom. The summed E-state index contributed by atoms with van der Waals surface area (Å²) in [5, 5.41) is 8.96. The third-order valence-corrected chi connectivity index (χ3v) is 2.86. The minimum absolute atomic E-state index is 0.0636. The Hall–Kier alpha value is -1.64. The first-order valence-electron chi connectivity index (χ1n) is 6.71. The lowest BCUT2D eigenvalue weighted by Crippen LogP contribution is -2.35. The first-order valence-corrected chi connectivity index (χ1v) is 6.71. The van der Waals surface area contributed by atoms with Crippen LogP contribution in [0.3, 0.4) is 0 Å². The van der Waals surface area contributed by atoms with Crippen LogP contribution in [0.2, 0.25) is 0 Å². The van der Waals surface area contributed by atoms with Crippen molar-refractivity contribution in [1.29, 1.82) is 5.26 Å². The van der Waals surface area contributed by atoms with Crippen LogP contribution in [0.25, 0.3) is 0 Å². The van der Waals surface area contributed by atoms with E-state index in [1.807, 2.05) is 19.9 Å².